The Bertz CT molecular complexity index is 454. The van der Waals surface area contributed by atoms with Crippen LogP contribution in [0.3, 0.4) is 0 Å². The summed E-state index contributed by atoms with van der Waals surface area (Å²) >= 11 is 0. The SMILES string of the molecule is CC1CC(C)(C)CC1NC1CCN(Cc2ccccc2)C1. The van der Waals surface area contributed by atoms with Gasteiger partial charge in [-0.25, -0.2) is 0 Å². The molecule has 1 N–H and O–H groups in total. The summed E-state index contributed by atoms with van der Waals surface area (Å²) in [4.78, 5) is 2.60. The van der Waals surface area contributed by atoms with Crippen molar-refractivity contribution in [1.82, 2.24) is 10.2 Å². The van der Waals surface area contributed by atoms with E-state index in [1.54, 1.807) is 0 Å². The second-order valence-electron chi connectivity index (χ2n) is 8.03. The van der Waals surface area contributed by atoms with Crippen molar-refractivity contribution in [3.05, 3.63) is 35.9 Å². The molecule has 1 aliphatic heterocycles. The molecule has 0 radical (unpaired) electrons. The average molecular weight is 286 g/mol. The van der Waals surface area contributed by atoms with Crippen molar-refractivity contribution in [3.8, 4) is 0 Å². The van der Waals surface area contributed by atoms with Gasteiger partial charge in [0.1, 0.15) is 0 Å². The first kappa shape index (κ1) is 15.1. The molecule has 21 heavy (non-hydrogen) atoms. The Labute approximate surface area is 129 Å². The summed E-state index contributed by atoms with van der Waals surface area (Å²) in [6, 6.07) is 12.3. The van der Waals surface area contributed by atoms with Gasteiger partial charge in [-0.2, -0.15) is 0 Å². The van der Waals surface area contributed by atoms with E-state index in [0.29, 0.717) is 11.5 Å². The third-order valence-electron chi connectivity index (χ3n) is 5.31. The van der Waals surface area contributed by atoms with Crippen molar-refractivity contribution in [2.24, 2.45) is 11.3 Å². The van der Waals surface area contributed by atoms with Crippen LogP contribution in [0.25, 0.3) is 0 Å². The first-order valence-electron chi connectivity index (χ1n) is 8.54. The van der Waals surface area contributed by atoms with Crippen LogP contribution in [0, 0.1) is 11.3 Å². The van der Waals surface area contributed by atoms with Gasteiger partial charge in [0.25, 0.3) is 0 Å². The lowest BCUT2D eigenvalue weighted by molar-refractivity contribution is 0.304. The molecule has 2 fully saturated rings. The van der Waals surface area contributed by atoms with E-state index in [1.165, 1.54) is 37.9 Å². The number of hydrogen-bond donors (Lipinski definition) is 1. The van der Waals surface area contributed by atoms with E-state index in [9.17, 15) is 0 Å². The lowest BCUT2D eigenvalue weighted by Gasteiger charge is -2.23. The van der Waals surface area contributed by atoms with E-state index in [2.05, 4.69) is 61.3 Å². The molecule has 1 aliphatic carbocycles. The highest BCUT2D eigenvalue weighted by molar-refractivity contribution is 5.14. The van der Waals surface area contributed by atoms with Crippen molar-refractivity contribution < 1.29 is 0 Å². The fourth-order valence-electron chi connectivity index (χ4n) is 4.37. The summed E-state index contributed by atoms with van der Waals surface area (Å²) in [6.45, 7) is 10.8. The van der Waals surface area contributed by atoms with Gasteiger partial charge in [0.05, 0.1) is 0 Å². The third-order valence-corrected chi connectivity index (χ3v) is 5.31. The summed E-state index contributed by atoms with van der Waals surface area (Å²) in [5, 5.41) is 3.96. The molecule has 1 heterocycles. The molecule has 3 rings (SSSR count). The van der Waals surface area contributed by atoms with Crippen LogP contribution in [0.4, 0.5) is 0 Å². The Kier molecular flexibility index (Phi) is 4.37. The van der Waals surface area contributed by atoms with Crippen LogP contribution >= 0.6 is 0 Å². The van der Waals surface area contributed by atoms with Crippen LogP contribution in [0.5, 0.6) is 0 Å². The molecule has 2 nitrogen and oxygen atoms in total. The van der Waals surface area contributed by atoms with E-state index >= 15 is 0 Å². The van der Waals surface area contributed by atoms with Gasteiger partial charge >= 0.3 is 0 Å². The topological polar surface area (TPSA) is 15.3 Å². The van der Waals surface area contributed by atoms with Crippen molar-refractivity contribution in [2.45, 2.75) is 58.7 Å². The van der Waals surface area contributed by atoms with Crippen LogP contribution in [0.1, 0.15) is 45.6 Å². The molecule has 0 amide bonds. The van der Waals surface area contributed by atoms with E-state index in [1.807, 2.05) is 0 Å². The first-order chi connectivity index (χ1) is 10.0. The molecular weight excluding hydrogens is 256 g/mol. The van der Waals surface area contributed by atoms with Gasteiger partial charge in [-0.1, -0.05) is 51.1 Å². The number of hydrogen-bond acceptors (Lipinski definition) is 2. The smallest absolute Gasteiger partial charge is 0.0234 e. The highest BCUT2D eigenvalue weighted by Gasteiger charge is 2.38. The normalized spacial score (nSPS) is 32.6. The summed E-state index contributed by atoms with van der Waals surface area (Å²) in [7, 11) is 0. The molecule has 3 unspecified atom stereocenters. The second-order valence-corrected chi connectivity index (χ2v) is 8.03. The Hall–Kier alpha value is -0.860. The Balaban J connectivity index is 1.49. The number of likely N-dealkylation sites (tertiary alicyclic amines) is 1. The van der Waals surface area contributed by atoms with E-state index in [4.69, 9.17) is 0 Å². The molecule has 1 saturated carbocycles. The van der Waals surface area contributed by atoms with Gasteiger partial charge < -0.3 is 5.32 Å². The minimum atomic E-state index is 0.527. The minimum Gasteiger partial charge on any atom is -0.310 e. The van der Waals surface area contributed by atoms with Gasteiger partial charge in [-0.05, 0) is 36.2 Å². The molecule has 116 valence electrons. The maximum absolute atomic E-state index is 3.96. The van der Waals surface area contributed by atoms with Crippen LogP contribution in [0.15, 0.2) is 30.3 Å². The predicted octanol–water partition coefficient (Wildman–Crippen LogP) is 3.68. The maximum atomic E-state index is 3.96. The largest absolute Gasteiger partial charge is 0.310 e. The van der Waals surface area contributed by atoms with Crippen molar-refractivity contribution >= 4 is 0 Å². The lowest BCUT2D eigenvalue weighted by Crippen LogP contribution is -2.41. The highest BCUT2D eigenvalue weighted by Crippen LogP contribution is 2.41. The van der Waals surface area contributed by atoms with E-state index in [-0.39, 0.29) is 0 Å². The number of benzene rings is 1. The third kappa shape index (κ3) is 3.87. The van der Waals surface area contributed by atoms with Crippen LogP contribution in [0.2, 0.25) is 0 Å². The quantitative estimate of drug-likeness (QED) is 0.908. The zero-order valence-corrected chi connectivity index (χ0v) is 13.8. The summed E-state index contributed by atoms with van der Waals surface area (Å²) in [5.41, 5.74) is 1.97. The molecule has 2 aliphatic rings. The molecule has 1 saturated heterocycles. The van der Waals surface area contributed by atoms with E-state index < -0.39 is 0 Å². The average Bonchev–Trinajstić information content (AvgIpc) is 2.95. The summed E-state index contributed by atoms with van der Waals surface area (Å²) < 4.78 is 0. The van der Waals surface area contributed by atoms with Crippen molar-refractivity contribution in [1.29, 1.82) is 0 Å². The van der Waals surface area contributed by atoms with Crippen molar-refractivity contribution in [3.63, 3.8) is 0 Å². The van der Waals surface area contributed by atoms with Gasteiger partial charge in [0, 0.05) is 31.7 Å². The van der Waals surface area contributed by atoms with Gasteiger partial charge in [-0.3, -0.25) is 4.90 Å². The van der Waals surface area contributed by atoms with Gasteiger partial charge in [-0.15, -0.1) is 0 Å². The second kappa shape index (κ2) is 6.10. The summed E-state index contributed by atoms with van der Waals surface area (Å²) in [6.07, 6.45) is 4.00. The van der Waals surface area contributed by atoms with Gasteiger partial charge in [0.2, 0.25) is 0 Å². The zero-order chi connectivity index (χ0) is 14.9. The minimum absolute atomic E-state index is 0.527. The zero-order valence-electron chi connectivity index (χ0n) is 13.8. The molecule has 0 aromatic heterocycles. The number of nitrogens with zero attached hydrogens (tertiary/aromatic N) is 1. The van der Waals surface area contributed by atoms with Gasteiger partial charge in [0.15, 0.2) is 0 Å². The monoisotopic (exact) mass is 286 g/mol. The number of nitrogens with one attached hydrogen (secondary N) is 1. The molecule has 0 bridgehead atoms. The molecular formula is C19H30N2. The van der Waals surface area contributed by atoms with Crippen LogP contribution < -0.4 is 5.32 Å². The number of rotatable bonds is 4. The predicted molar refractivity (Wildman–Crippen MR) is 89.2 cm³/mol. The first-order valence-corrected chi connectivity index (χ1v) is 8.54. The fraction of sp³-hybridized carbons (Fsp3) is 0.684. The molecule has 2 heteroatoms. The van der Waals surface area contributed by atoms with Crippen molar-refractivity contribution in [2.75, 3.05) is 13.1 Å². The molecule has 0 spiro atoms. The molecule has 1 aromatic carbocycles. The van der Waals surface area contributed by atoms with E-state index in [0.717, 1.165) is 18.5 Å². The van der Waals surface area contributed by atoms with Crippen LogP contribution in [-0.2, 0) is 6.54 Å². The lowest BCUT2D eigenvalue weighted by atomic mass is 9.91. The molecule has 3 atom stereocenters. The fourth-order valence-corrected chi connectivity index (χ4v) is 4.37. The highest BCUT2D eigenvalue weighted by atomic mass is 15.2. The summed E-state index contributed by atoms with van der Waals surface area (Å²) in [5.74, 6) is 0.822. The standard InChI is InChI=1S/C19H30N2/c1-15-11-19(2,3)12-18(15)20-17-9-10-21(14-17)13-16-7-5-4-6-8-16/h4-8,15,17-18,20H,9-14H2,1-3H3. The van der Waals surface area contributed by atoms with Crippen LogP contribution in [-0.4, -0.2) is 30.1 Å². The Morgan fingerprint density at radius 1 is 1.19 bits per heavy atom. The Morgan fingerprint density at radius 3 is 2.62 bits per heavy atom. The maximum Gasteiger partial charge on any atom is 0.0234 e. The molecule has 1 aromatic rings. The Morgan fingerprint density at radius 2 is 1.95 bits per heavy atom.